The molecule has 2 bridgehead atoms. The number of thiophene rings is 1. The van der Waals surface area contributed by atoms with E-state index in [0.717, 1.165) is 17.3 Å². The normalized spacial score (nSPS) is 29.8. The van der Waals surface area contributed by atoms with Gasteiger partial charge in [0, 0.05) is 12.6 Å². The fourth-order valence-electron chi connectivity index (χ4n) is 3.38. The summed E-state index contributed by atoms with van der Waals surface area (Å²) in [7, 11) is 0. The second kappa shape index (κ2) is 4.42. The van der Waals surface area contributed by atoms with Crippen molar-refractivity contribution in [2.45, 2.75) is 25.8 Å². The third kappa shape index (κ3) is 1.92. The van der Waals surface area contributed by atoms with Crippen LogP contribution in [0.2, 0.25) is 0 Å². The van der Waals surface area contributed by atoms with Gasteiger partial charge in [-0.3, -0.25) is 0 Å². The van der Waals surface area contributed by atoms with Crippen LogP contribution in [0.5, 0.6) is 0 Å². The second-order valence-corrected chi connectivity index (χ2v) is 6.59. The number of nitrogens with zero attached hydrogens (tertiary/aromatic N) is 3. The maximum Gasteiger partial charge on any atom is 0.147 e. The summed E-state index contributed by atoms with van der Waals surface area (Å²) in [5, 5.41) is 5.85. The number of hydrogen-bond acceptors (Lipinski definition) is 5. The average Bonchev–Trinajstić information content (AvgIpc) is 2.83. The van der Waals surface area contributed by atoms with E-state index in [2.05, 4.69) is 32.5 Å². The molecule has 0 spiro atoms. The zero-order valence-corrected chi connectivity index (χ0v) is 11.9. The van der Waals surface area contributed by atoms with E-state index in [9.17, 15) is 0 Å². The molecule has 3 aliphatic heterocycles. The van der Waals surface area contributed by atoms with E-state index in [-0.39, 0.29) is 0 Å². The zero-order valence-electron chi connectivity index (χ0n) is 11.1. The minimum atomic E-state index is 0.558. The molecule has 5 heteroatoms. The van der Waals surface area contributed by atoms with Crippen molar-refractivity contribution in [3.63, 3.8) is 0 Å². The Labute approximate surface area is 116 Å². The van der Waals surface area contributed by atoms with Crippen molar-refractivity contribution in [1.82, 2.24) is 14.9 Å². The molecule has 3 saturated heterocycles. The molecule has 2 aromatic rings. The molecule has 4 nitrogen and oxygen atoms in total. The first-order valence-electron chi connectivity index (χ1n) is 6.99. The number of piperidine rings is 3. The molecule has 0 amide bonds. The Morgan fingerprint density at radius 1 is 1.32 bits per heavy atom. The van der Waals surface area contributed by atoms with Crippen molar-refractivity contribution in [2.75, 3.05) is 25.0 Å². The van der Waals surface area contributed by atoms with Crippen LogP contribution in [0, 0.1) is 12.8 Å². The van der Waals surface area contributed by atoms with Crippen LogP contribution < -0.4 is 5.32 Å². The maximum absolute atomic E-state index is 4.47. The van der Waals surface area contributed by atoms with E-state index in [0.29, 0.717) is 6.04 Å². The van der Waals surface area contributed by atoms with Crippen LogP contribution in [-0.2, 0) is 0 Å². The van der Waals surface area contributed by atoms with Gasteiger partial charge in [0.15, 0.2) is 0 Å². The number of aryl methyl sites for hydroxylation is 1. The molecule has 3 fully saturated rings. The minimum absolute atomic E-state index is 0.558. The summed E-state index contributed by atoms with van der Waals surface area (Å²) in [4.78, 5) is 11.4. The van der Waals surface area contributed by atoms with E-state index in [1.807, 2.05) is 0 Å². The molecule has 5 rings (SSSR count). The molecule has 1 atom stereocenters. The molecule has 1 unspecified atom stereocenters. The van der Waals surface area contributed by atoms with Gasteiger partial charge in [-0.05, 0) is 49.7 Å². The number of fused-ring (bicyclic) bond motifs is 4. The van der Waals surface area contributed by atoms with E-state index in [1.165, 1.54) is 42.7 Å². The first kappa shape index (κ1) is 11.6. The lowest BCUT2D eigenvalue weighted by Gasteiger charge is -2.45. The highest BCUT2D eigenvalue weighted by molar-refractivity contribution is 7.18. The van der Waals surface area contributed by atoms with Crippen LogP contribution >= 0.6 is 11.3 Å². The van der Waals surface area contributed by atoms with Gasteiger partial charge >= 0.3 is 0 Å². The minimum Gasteiger partial charge on any atom is -0.364 e. The average molecular weight is 274 g/mol. The molecule has 100 valence electrons. The standard InChI is InChI=1S/C14H18N4S/c1-9-7-19-13-12(9)15-8-16-14(13)17-11-6-18-4-2-10(11)3-5-18/h7-8,10-11H,2-6H2,1H3,(H,15,16,17). The summed E-state index contributed by atoms with van der Waals surface area (Å²) in [5.41, 5.74) is 2.35. The Morgan fingerprint density at radius 2 is 2.16 bits per heavy atom. The predicted octanol–water partition coefficient (Wildman–Crippen LogP) is 2.51. The predicted molar refractivity (Wildman–Crippen MR) is 78.7 cm³/mol. The van der Waals surface area contributed by atoms with Gasteiger partial charge in [-0.2, -0.15) is 0 Å². The van der Waals surface area contributed by atoms with E-state index >= 15 is 0 Å². The lowest BCUT2D eigenvalue weighted by molar-refractivity contribution is 0.0974. The third-order valence-electron chi connectivity index (χ3n) is 4.51. The quantitative estimate of drug-likeness (QED) is 0.913. The van der Waals surface area contributed by atoms with E-state index < -0.39 is 0 Å². The fourth-order valence-corrected chi connectivity index (χ4v) is 4.33. The fraction of sp³-hybridized carbons (Fsp3) is 0.571. The molecule has 0 aromatic carbocycles. The summed E-state index contributed by atoms with van der Waals surface area (Å²) in [5.74, 6) is 1.85. The SMILES string of the molecule is Cc1csc2c(NC3CN4CCC3CC4)ncnc12. The Hall–Kier alpha value is -1.20. The Kier molecular flexibility index (Phi) is 2.70. The first-order valence-corrected chi connectivity index (χ1v) is 7.87. The van der Waals surface area contributed by atoms with Gasteiger partial charge in [-0.1, -0.05) is 0 Å². The van der Waals surface area contributed by atoms with Gasteiger partial charge in [0.1, 0.15) is 12.1 Å². The van der Waals surface area contributed by atoms with Gasteiger partial charge in [-0.25, -0.2) is 9.97 Å². The molecule has 1 N–H and O–H groups in total. The van der Waals surface area contributed by atoms with Crippen molar-refractivity contribution in [2.24, 2.45) is 5.92 Å². The summed E-state index contributed by atoms with van der Waals surface area (Å²) in [6, 6.07) is 0.558. The van der Waals surface area contributed by atoms with Crippen LogP contribution in [0.4, 0.5) is 5.82 Å². The lowest BCUT2D eigenvalue weighted by atomic mass is 9.84. The number of nitrogens with one attached hydrogen (secondary N) is 1. The highest BCUT2D eigenvalue weighted by Crippen LogP contribution is 2.33. The summed E-state index contributed by atoms with van der Waals surface area (Å²) < 4.78 is 1.21. The molecule has 5 heterocycles. The second-order valence-electron chi connectivity index (χ2n) is 5.71. The van der Waals surface area contributed by atoms with Crippen molar-refractivity contribution in [3.8, 4) is 0 Å². The van der Waals surface area contributed by atoms with Gasteiger partial charge in [-0.15, -0.1) is 11.3 Å². The van der Waals surface area contributed by atoms with Crippen LogP contribution in [0.3, 0.4) is 0 Å². The molecular formula is C14H18N4S. The topological polar surface area (TPSA) is 41.0 Å². The summed E-state index contributed by atoms with van der Waals surface area (Å²) in [6.07, 6.45) is 4.34. The largest absolute Gasteiger partial charge is 0.364 e. The Balaban J connectivity index is 1.65. The van der Waals surface area contributed by atoms with E-state index in [4.69, 9.17) is 0 Å². The number of anilines is 1. The molecule has 0 aliphatic carbocycles. The number of aromatic nitrogens is 2. The van der Waals surface area contributed by atoms with Crippen molar-refractivity contribution in [3.05, 3.63) is 17.3 Å². The summed E-state index contributed by atoms with van der Waals surface area (Å²) >= 11 is 1.75. The molecule has 0 saturated carbocycles. The van der Waals surface area contributed by atoms with Gasteiger partial charge in [0.2, 0.25) is 0 Å². The monoisotopic (exact) mass is 274 g/mol. The molecular weight excluding hydrogens is 256 g/mol. The van der Waals surface area contributed by atoms with Crippen LogP contribution in [-0.4, -0.2) is 40.5 Å². The first-order chi connectivity index (χ1) is 9.31. The highest BCUT2D eigenvalue weighted by atomic mass is 32.1. The number of rotatable bonds is 2. The van der Waals surface area contributed by atoms with Crippen LogP contribution in [0.15, 0.2) is 11.7 Å². The summed E-state index contributed by atoms with van der Waals surface area (Å²) in [6.45, 7) is 5.84. The smallest absolute Gasteiger partial charge is 0.147 e. The Morgan fingerprint density at radius 3 is 2.89 bits per heavy atom. The van der Waals surface area contributed by atoms with E-state index in [1.54, 1.807) is 17.7 Å². The van der Waals surface area contributed by atoms with Gasteiger partial charge in [0.25, 0.3) is 0 Å². The number of hydrogen-bond donors (Lipinski definition) is 1. The van der Waals surface area contributed by atoms with Gasteiger partial charge < -0.3 is 10.2 Å². The van der Waals surface area contributed by atoms with Crippen molar-refractivity contribution >= 4 is 27.4 Å². The van der Waals surface area contributed by atoms with Crippen molar-refractivity contribution in [1.29, 1.82) is 0 Å². The lowest BCUT2D eigenvalue weighted by Crippen LogP contribution is -2.53. The van der Waals surface area contributed by atoms with Gasteiger partial charge in [0.05, 0.1) is 10.2 Å². The molecule has 19 heavy (non-hydrogen) atoms. The Bertz CT molecular complexity index is 601. The molecule has 0 radical (unpaired) electrons. The van der Waals surface area contributed by atoms with Crippen molar-refractivity contribution < 1.29 is 0 Å². The zero-order chi connectivity index (χ0) is 12.8. The molecule has 3 aliphatic rings. The highest BCUT2D eigenvalue weighted by Gasteiger charge is 2.34. The van der Waals surface area contributed by atoms with Crippen LogP contribution in [0.25, 0.3) is 10.2 Å². The third-order valence-corrected chi connectivity index (χ3v) is 5.60. The van der Waals surface area contributed by atoms with Crippen LogP contribution in [0.1, 0.15) is 18.4 Å². The maximum atomic E-state index is 4.47. The molecule has 2 aromatic heterocycles.